The number of nitrogens with zero attached hydrogens (tertiary/aromatic N) is 2. The van der Waals surface area contributed by atoms with E-state index in [1.807, 2.05) is 30.3 Å². The van der Waals surface area contributed by atoms with E-state index in [0.29, 0.717) is 27.4 Å². The molecule has 0 radical (unpaired) electrons. The number of aromatic nitrogens is 2. The van der Waals surface area contributed by atoms with E-state index in [4.69, 9.17) is 11.6 Å². The number of para-hydroxylation sites is 1. The Hall–Kier alpha value is -2.46. The average Bonchev–Trinajstić information content (AvgIpc) is 2.47. The molecule has 21 heavy (non-hydrogen) atoms. The Bertz CT molecular complexity index is 818. The van der Waals surface area contributed by atoms with Crippen LogP contribution < -0.4 is 5.32 Å². The van der Waals surface area contributed by atoms with Gasteiger partial charge in [-0.3, -0.25) is 4.79 Å². The third-order valence-electron chi connectivity index (χ3n) is 3.05. The first kappa shape index (κ1) is 13.5. The van der Waals surface area contributed by atoms with Crippen LogP contribution in [0, 0.1) is 6.92 Å². The molecule has 0 unspecified atom stereocenters. The lowest BCUT2D eigenvalue weighted by Crippen LogP contribution is -2.16. The average molecular weight is 298 g/mol. The number of hydrogen-bond acceptors (Lipinski definition) is 3. The molecule has 0 atom stereocenters. The molecule has 0 saturated heterocycles. The number of benzene rings is 2. The van der Waals surface area contributed by atoms with Crippen LogP contribution in [0.15, 0.2) is 48.5 Å². The molecule has 0 aliphatic carbocycles. The van der Waals surface area contributed by atoms with E-state index in [2.05, 4.69) is 15.3 Å². The largest absolute Gasteiger partial charge is 0.321 e. The van der Waals surface area contributed by atoms with Crippen molar-refractivity contribution >= 4 is 34.2 Å². The molecule has 0 aliphatic heterocycles. The number of nitrogens with one attached hydrogen (secondary N) is 1. The van der Waals surface area contributed by atoms with Gasteiger partial charge in [-0.2, -0.15) is 0 Å². The van der Waals surface area contributed by atoms with Gasteiger partial charge in [-0.15, -0.1) is 0 Å². The fourth-order valence-corrected chi connectivity index (χ4v) is 2.21. The number of anilines is 1. The van der Waals surface area contributed by atoms with Crippen LogP contribution >= 0.6 is 11.6 Å². The van der Waals surface area contributed by atoms with Crippen LogP contribution in [0.3, 0.4) is 0 Å². The van der Waals surface area contributed by atoms with Gasteiger partial charge in [0.1, 0.15) is 5.69 Å². The molecule has 1 amide bonds. The molecule has 1 N–H and O–H groups in total. The van der Waals surface area contributed by atoms with E-state index in [9.17, 15) is 4.79 Å². The van der Waals surface area contributed by atoms with Gasteiger partial charge in [-0.25, -0.2) is 9.97 Å². The fourth-order valence-electron chi connectivity index (χ4n) is 2.04. The van der Waals surface area contributed by atoms with Gasteiger partial charge < -0.3 is 5.32 Å². The summed E-state index contributed by atoms with van der Waals surface area (Å²) in [6.45, 7) is 1.76. The summed E-state index contributed by atoms with van der Waals surface area (Å²) in [7, 11) is 0. The number of carbonyl (C=O) groups excluding carboxylic acids is 1. The number of halogens is 1. The van der Waals surface area contributed by atoms with Crippen molar-refractivity contribution in [2.75, 3.05) is 5.32 Å². The second kappa shape index (κ2) is 5.50. The van der Waals surface area contributed by atoms with E-state index in [-0.39, 0.29) is 5.91 Å². The molecule has 0 fully saturated rings. The topological polar surface area (TPSA) is 54.9 Å². The Morgan fingerprint density at radius 2 is 1.81 bits per heavy atom. The maximum Gasteiger partial charge on any atom is 0.276 e. The molecule has 2 aromatic carbocycles. The maximum atomic E-state index is 12.3. The third-order valence-corrected chi connectivity index (χ3v) is 3.28. The zero-order chi connectivity index (χ0) is 14.8. The Kier molecular flexibility index (Phi) is 3.54. The van der Waals surface area contributed by atoms with Crippen LogP contribution in [0.5, 0.6) is 0 Å². The minimum absolute atomic E-state index is 0.275. The Balaban J connectivity index is 1.98. The first-order valence-electron chi connectivity index (χ1n) is 6.44. The molecule has 0 saturated carbocycles. The number of fused-ring (bicyclic) bond motifs is 1. The predicted octanol–water partition coefficient (Wildman–Crippen LogP) is 3.84. The summed E-state index contributed by atoms with van der Waals surface area (Å²) in [4.78, 5) is 21.1. The highest BCUT2D eigenvalue weighted by molar-refractivity contribution is 6.31. The van der Waals surface area contributed by atoms with E-state index in [1.165, 1.54) is 0 Å². The second-order valence-electron chi connectivity index (χ2n) is 4.61. The Morgan fingerprint density at radius 1 is 1.05 bits per heavy atom. The normalized spacial score (nSPS) is 10.6. The highest BCUT2D eigenvalue weighted by Crippen LogP contribution is 2.18. The zero-order valence-corrected chi connectivity index (χ0v) is 12.1. The summed E-state index contributed by atoms with van der Waals surface area (Å²) in [6.07, 6.45) is 0. The van der Waals surface area contributed by atoms with E-state index >= 15 is 0 Å². The van der Waals surface area contributed by atoms with Gasteiger partial charge in [0.2, 0.25) is 0 Å². The molecule has 0 aliphatic rings. The van der Waals surface area contributed by atoms with Crippen molar-refractivity contribution in [2.24, 2.45) is 0 Å². The monoisotopic (exact) mass is 297 g/mol. The van der Waals surface area contributed by atoms with Crippen molar-refractivity contribution in [2.45, 2.75) is 6.92 Å². The molecule has 3 aromatic rings. The Morgan fingerprint density at radius 3 is 2.57 bits per heavy atom. The van der Waals surface area contributed by atoms with E-state index in [1.54, 1.807) is 25.1 Å². The minimum atomic E-state index is -0.275. The summed E-state index contributed by atoms with van der Waals surface area (Å²) in [5.74, 6) is -0.275. The number of carbonyl (C=O) groups is 1. The number of rotatable bonds is 2. The van der Waals surface area contributed by atoms with Crippen molar-refractivity contribution in [3.8, 4) is 0 Å². The molecular formula is C16H12ClN3O. The van der Waals surface area contributed by atoms with Crippen LogP contribution in [-0.4, -0.2) is 15.9 Å². The van der Waals surface area contributed by atoms with Crippen molar-refractivity contribution in [3.05, 3.63) is 64.9 Å². The first-order chi connectivity index (χ1) is 10.1. The third kappa shape index (κ3) is 2.85. The summed E-state index contributed by atoms with van der Waals surface area (Å²) in [5.41, 5.74) is 2.92. The van der Waals surface area contributed by atoms with E-state index < -0.39 is 0 Å². The lowest BCUT2D eigenvalue weighted by atomic mass is 10.2. The van der Waals surface area contributed by atoms with Crippen molar-refractivity contribution < 1.29 is 4.79 Å². The van der Waals surface area contributed by atoms with Crippen LogP contribution in [0.2, 0.25) is 5.02 Å². The lowest BCUT2D eigenvalue weighted by molar-refractivity contribution is 0.102. The van der Waals surface area contributed by atoms with Gasteiger partial charge in [0.25, 0.3) is 5.91 Å². The van der Waals surface area contributed by atoms with Gasteiger partial charge in [0, 0.05) is 10.7 Å². The highest BCUT2D eigenvalue weighted by atomic mass is 35.5. The van der Waals surface area contributed by atoms with Gasteiger partial charge in [-0.1, -0.05) is 29.8 Å². The number of amides is 1. The van der Waals surface area contributed by atoms with Crippen LogP contribution in [0.25, 0.3) is 11.0 Å². The van der Waals surface area contributed by atoms with Crippen LogP contribution in [-0.2, 0) is 0 Å². The van der Waals surface area contributed by atoms with Gasteiger partial charge >= 0.3 is 0 Å². The molecule has 0 spiro atoms. The highest BCUT2D eigenvalue weighted by Gasteiger charge is 2.14. The van der Waals surface area contributed by atoms with Crippen LogP contribution in [0.1, 0.15) is 16.2 Å². The molecule has 1 aromatic heterocycles. The summed E-state index contributed by atoms with van der Waals surface area (Å²) < 4.78 is 0. The van der Waals surface area contributed by atoms with Gasteiger partial charge in [-0.05, 0) is 37.3 Å². The molecule has 104 valence electrons. The Labute approximate surface area is 126 Å². The quantitative estimate of drug-likeness (QED) is 0.782. The standard InChI is InChI=1S/C16H12ClN3O/c1-10-15(16(21)19-12-5-3-2-4-6-12)20-13-8-7-11(17)9-14(13)18-10/h2-9H,1H3,(H,19,21). The SMILES string of the molecule is Cc1nc2cc(Cl)ccc2nc1C(=O)Nc1ccccc1. The second-order valence-corrected chi connectivity index (χ2v) is 5.05. The van der Waals surface area contributed by atoms with Crippen molar-refractivity contribution in [3.63, 3.8) is 0 Å². The summed E-state index contributed by atoms with van der Waals surface area (Å²) >= 11 is 5.93. The van der Waals surface area contributed by atoms with E-state index in [0.717, 1.165) is 5.69 Å². The number of aryl methyl sites for hydroxylation is 1. The molecule has 4 nitrogen and oxygen atoms in total. The molecule has 5 heteroatoms. The lowest BCUT2D eigenvalue weighted by Gasteiger charge is -2.08. The molecule has 1 heterocycles. The molecule has 3 rings (SSSR count). The molecule has 0 bridgehead atoms. The van der Waals surface area contributed by atoms with Crippen molar-refractivity contribution in [1.82, 2.24) is 9.97 Å². The predicted molar refractivity (Wildman–Crippen MR) is 83.7 cm³/mol. The van der Waals surface area contributed by atoms with Crippen LogP contribution in [0.4, 0.5) is 5.69 Å². The maximum absolute atomic E-state index is 12.3. The molecular weight excluding hydrogens is 286 g/mol. The van der Waals surface area contributed by atoms with Gasteiger partial charge in [0.15, 0.2) is 0 Å². The zero-order valence-electron chi connectivity index (χ0n) is 11.3. The minimum Gasteiger partial charge on any atom is -0.321 e. The van der Waals surface area contributed by atoms with Gasteiger partial charge in [0.05, 0.1) is 16.7 Å². The number of hydrogen-bond donors (Lipinski definition) is 1. The van der Waals surface area contributed by atoms with Crippen molar-refractivity contribution in [1.29, 1.82) is 0 Å². The summed E-state index contributed by atoms with van der Waals surface area (Å²) in [6, 6.07) is 14.5. The summed E-state index contributed by atoms with van der Waals surface area (Å²) in [5, 5.41) is 3.40. The smallest absolute Gasteiger partial charge is 0.276 e. The fraction of sp³-hybridized carbons (Fsp3) is 0.0625. The first-order valence-corrected chi connectivity index (χ1v) is 6.81.